The molecule has 5 heteroatoms. The van der Waals surface area contributed by atoms with Crippen LogP contribution in [0.1, 0.15) is 19.3 Å². The fourth-order valence-electron chi connectivity index (χ4n) is 2.99. The molecular weight excluding hydrogens is 306 g/mol. The molecule has 1 unspecified atom stereocenters. The van der Waals surface area contributed by atoms with Crippen molar-refractivity contribution in [1.82, 2.24) is 4.31 Å². The molecule has 0 N–H and O–H groups in total. The molecule has 21 heavy (non-hydrogen) atoms. The van der Waals surface area contributed by atoms with Gasteiger partial charge in [-0.05, 0) is 24.3 Å². The highest BCUT2D eigenvalue weighted by Crippen LogP contribution is 2.30. The van der Waals surface area contributed by atoms with Crippen LogP contribution in [-0.4, -0.2) is 31.2 Å². The van der Waals surface area contributed by atoms with Crippen molar-refractivity contribution in [3.63, 3.8) is 0 Å². The van der Waals surface area contributed by atoms with E-state index in [0.717, 1.165) is 30.0 Å². The van der Waals surface area contributed by atoms with Gasteiger partial charge in [0.2, 0.25) is 10.0 Å². The monoisotopic (exact) mass is 323 g/mol. The second-order valence-electron chi connectivity index (χ2n) is 5.40. The molecule has 112 valence electrons. The van der Waals surface area contributed by atoms with Gasteiger partial charge in [-0.25, -0.2) is 8.42 Å². The topological polar surface area (TPSA) is 37.4 Å². The predicted molar refractivity (Wildman–Crippen MR) is 86.2 cm³/mol. The van der Waals surface area contributed by atoms with Gasteiger partial charge in [0.1, 0.15) is 0 Å². The third-order valence-corrected chi connectivity index (χ3v) is 6.45. The molecule has 1 aliphatic heterocycles. The predicted octanol–water partition coefficient (Wildman–Crippen LogP) is 3.62. The van der Waals surface area contributed by atoms with Crippen LogP contribution in [0.4, 0.5) is 0 Å². The van der Waals surface area contributed by atoms with E-state index < -0.39 is 10.0 Å². The number of fused-ring (bicyclic) bond motifs is 1. The van der Waals surface area contributed by atoms with Crippen molar-refractivity contribution in [2.75, 3.05) is 12.4 Å². The highest BCUT2D eigenvalue weighted by molar-refractivity contribution is 7.89. The quantitative estimate of drug-likeness (QED) is 0.809. The van der Waals surface area contributed by atoms with E-state index in [1.54, 1.807) is 16.4 Å². The molecular formula is C16H18ClNO2S. The van der Waals surface area contributed by atoms with Crippen LogP contribution in [0.25, 0.3) is 10.8 Å². The Labute approximate surface area is 130 Å². The molecule has 1 heterocycles. The molecule has 0 saturated carbocycles. The first-order valence-corrected chi connectivity index (χ1v) is 9.17. The maximum absolute atomic E-state index is 13.0. The Morgan fingerprint density at radius 1 is 1.10 bits per heavy atom. The molecule has 3 rings (SSSR count). The first kappa shape index (κ1) is 14.8. The number of nitrogens with zero attached hydrogens (tertiary/aromatic N) is 1. The van der Waals surface area contributed by atoms with Crippen molar-refractivity contribution < 1.29 is 8.42 Å². The zero-order valence-corrected chi connectivity index (χ0v) is 13.3. The van der Waals surface area contributed by atoms with Gasteiger partial charge in [0, 0.05) is 23.9 Å². The van der Waals surface area contributed by atoms with Crippen LogP contribution in [-0.2, 0) is 10.0 Å². The standard InChI is InChI=1S/C16H18ClNO2S/c17-12-14-8-3-4-11-18(14)21(19,20)16-10-5-7-13-6-1-2-9-15(13)16/h1-2,5-7,9-10,14H,3-4,8,11-12H2. The summed E-state index contributed by atoms with van der Waals surface area (Å²) in [5.74, 6) is 0.351. The maximum Gasteiger partial charge on any atom is 0.243 e. The van der Waals surface area contributed by atoms with E-state index in [-0.39, 0.29) is 6.04 Å². The lowest BCUT2D eigenvalue weighted by molar-refractivity contribution is 0.271. The van der Waals surface area contributed by atoms with Gasteiger partial charge in [-0.3, -0.25) is 0 Å². The van der Waals surface area contributed by atoms with Crippen LogP contribution in [0.5, 0.6) is 0 Å². The SMILES string of the molecule is O=S(=O)(c1cccc2ccccc12)N1CCCCC1CCl. The fourth-order valence-corrected chi connectivity index (χ4v) is 5.30. The number of alkyl halides is 1. The molecule has 1 atom stereocenters. The van der Waals surface area contributed by atoms with Crippen molar-refractivity contribution in [1.29, 1.82) is 0 Å². The van der Waals surface area contributed by atoms with Gasteiger partial charge in [0.05, 0.1) is 4.90 Å². The molecule has 1 saturated heterocycles. The smallest absolute Gasteiger partial charge is 0.207 e. The summed E-state index contributed by atoms with van der Waals surface area (Å²) in [6.45, 7) is 0.558. The average Bonchev–Trinajstić information content (AvgIpc) is 2.54. The molecule has 3 nitrogen and oxygen atoms in total. The summed E-state index contributed by atoms with van der Waals surface area (Å²) in [5, 5.41) is 1.72. The number of halogens is 1. The largest absolute Gasteiger partial charge is 0.243 e. The molecule has 0 amide bonds. The molecule has 0 radical (unpaired) electrons. The summed E-state index contributed by atoms with van der Waals surface area (Å²) in [6.07, 6.45) is 2.78. The lowest BCUT2D eigenvalue weighted by atomic mass is 10.1. The summed E-state index contributed by atoms with van der Waals surface area (Å²) in [5.41, 5.74) is 0. The van der Waals surface area contributed by atoms with Crippen molar-refractivity contribution in [3.8, 4) is 0 Å². The number of sulfonamides is 1. The van der Waals surface area contributed by atoms with Crippen molar-refractivity contribution in [2.45, 2.75) is 30.2 Å². The van der Waals surface area contributed by atoms with Gasteiger partial charge in [-0.15, -0.1) is 11.6 Å². The van der Waals surface area contributed by atoms with Crippen LogP contribution >= 0.6 is 11.6 Å². The van der Waals surface area contributed by atoms with Crippen LogP contribution < -0.4 is 0 Å². The lowest BCUT2D eigenvalue weighted by Crippen LogP contribution is -2.44. The molecule has 0 aliphatic carbocycles. The molecule has 1 fully saturated rings. The Kier molecular flexibility index (Phi) is 4.20. The first-order valence-electron chi connectivity index (χ1n) is 7.20. The highest BCUT2D eigenvalue weighted by Gasteiger charge is 2.33. The van der Waals surface area contributed by atoms with E-state index in [1.165, 1.54) is 0 Å². The Morgan fingerprint density at radius 3 is 2.67 bits per heavy atom. The van der Waals surface area contributed by atoms with Crippen molar-refractivity contribution >= 4 is 32.4 Å². The second kappa shape index (κ2) is 5.95. The highest BCUT2D eigenvalue weighted by atomic mass is 35.5. The number of piperidine rings is 1. The molecule has 0 aromatic heterocycles. The minimum atomic E-state index is -3.50. The zero-order valence-electron chi connectivity index (χ0n) is 11.7. The van der Waals surface area contributed by atoms with Crippen LogP contribution in [0.3, 0.4) is 0 Å². The molecule has 2 aromatic carbocycles. The molecule has 0 bridgehead atoms. The van der Waals surface area contributed by atoms with Crippen molar-refractivity contribution in [2.24, 2.45) is 0 Å². The molecule has 0 spiro atoms. The van der Waals surface area contributed by atoms with Gasteiger partial charge in [-0.2, -0.15) is 4.31 Å². The Bertz CT molecular complexity index is 740. The van der Waals surface area contributed by atoms with E-state index in [1.807, 2.05) is 30.3 Å². The third-order valence-electron chi connectivity index (χ3n) is 4.09. The minimum absolute atomic E-state index is 0.0932. The summed E-state index contributed by atoms with van der Waals surface area (Å²) < 4.78 is 27.7. The number of rotatable bonds is 3. The molecule has 2 aromatic rings. The van der Waals surface area contributed by atoms with Crippen LogP contribution in [0, 0.1) is 0 Å². The Morgan fingerprint density at radius 2 is 1.86 bits per heavy atom. The van der Waals surface area contributed by atoms with Gasteiger partial charge >= 0.3 is 0 Å². The third kappa shape index (κ3) is 2.68. The summed E-state index contributed by atoms with van der Waals surface area (Å²) >= 11 is 5.98. The lowest BCUT2D eigenvalue weighted by Gasteiger charge is -2.33. The summed E-state index contributed by atoms with van der Waals surface area (Å²) in [4.78, 5) is 0.387. The summed E-state index contributed by atoms with van der Waals surface area (Å²) in [7, 11) is -3.50. The zero-order chi connectivity index (χ0) is 14.9. The van der Waals surface area contributed by atoms with Gasteiger partial charge in [0.15, 0.2) is 0 Å². The fraction of sp³-hybridized carbons (Fsp3) is 0.375. The summed E-state index contributed by atoms with van der Waals surface area (Å²) in [6, 6.07) is 12.9. The Hall–Kier alpha value is -1.10. The van der Waals surface area contributed by atoms with Crippen LogP contribution in [0.15, 0.2) is 47.4 Å². The first-order chi connectivity index (χ1) is 10.1. The Balaban J connectivity index is 2.12. The normalized spacial score (nSPS) is 20.7. The minimum Gasteiger partial charge on any atom is -0.207 e. The van der Waals surface area contributed by atoms with E-state index >= 15 is 0 Å². The van der Waals surface area contributed by atoms with Gasteiger partial charge in [0.25, 0.3) is 0 Å². The van der Waals surface area contributed by atoms with E-state index in [2.05, 4.69) is 0 Å². The molecule has 1 aliphatic rings. The second-order valence-corrected chi connectivity index (χ2v) is 7.56. The van der Waals surface area contributed by atoms with Crippen molar-refractivity contribution in [3.05, 3.63) is 42.5 Å². The average molecular weight is 324 g/mol. The van der Waals surface area contributed by atoms with E-state index in [0.29, 0.717) is 17.3 Å². The van der Waals surface area contributed by atoms with Crippen LogP contribution in [0.2, 0.25) is 0 Å². The van der Waals surface area contributed by atoms with E-state index in [9.17, 15) is 8.42 Å². The maximum atomic E-state index is 13.0. The number of benzene rings is 2. The van der Waals surface area contributed by atoms with Gasteiger partial charge in [-0.1, -0.05) is 42.8 Å². The van der Waals surface area contributed by atoms with E-state index in [4.69, 9.17) is 11.6 Å². The number of hydrogen-bond donors (Lipinski definition) is 0. The number of hydrogen-bond acceptors (Lipinski definition) is 2. The van der Waals surface area contributed by atoms with Gasteiger partial charge < -0.3 is 0 Å².